The zero-order valence-corrected chi connectivity index (χ0v) is 23.2. The SMILES string of the molecule is CC(N)c1cccc(C(=O)N(C)[C@H](Cc2ccc3ccccc3c2)C(=O)N(C)[C@H](Cc2ccccc2)C(N)=O)c1. The van der Waals surface area contributed by atoms with Gasteiger partial charge in [-0.25, -0.2) is 0 Å². The Balaban J connectivity index is 1.68. The smallest absolute Gasteiger partial charge is 0.254 e. The second-order valence-electron chi connectivity index (χ2n) is 10.3. The zero-order chi connectivity index (χ0) is 28.8. The number of primary amides is 1. The Morgan fingerprint density at radius 1 is 0.700 bits per heavy atom. The minimum absolute atomic E-state index is 0.242. The third-order valence-electron chi connectivity index (χ3n) is 7.39. The lowest BCUT2D eigenvalue weighted by atomic mass is 9.98. The number of amides is 3. The number of carbonyl (C=O) groups is 3. The summed E-state index contributed by atoms with van der Waals surface area (Å²) in [5, 5.41) is 2.12. The van der Waals surface area contributed by atoms with Crippen LogP contribution < -0.4 is 11.5 Å². The Bertz CT molecular complexity index is 1500. The summed E-state index contributed by atoms with van der Waals surface area (Å²) in [4.78, 5) is 43.2. The molecule has 0 radical (unpaired) electrons. The van der Waals surface area contributed by atoms with Gasteiger partial charge in [0, 0.05) is 38.5 Å². The fourth-order valence-electron chi connectivity index (χ4n) is 4.93. The summed E-state index contributed by atoms with van der Waals surface area (Å²) in [6.45, 7) is 1.85. The number of benzene rings is 4. The van der Waals surface area contributed by atoms with Crippen LogP contribution in [0.5, 0.6) is 0 Å². The average molecular weight is 537 g/mol. The first-order valence-corrected chi connectivity index (χ1v) is 13.4. The quantitative estimate of drug-likeness (QED) is 0.318. The minimum atomic E-state index is -0.879. The zero-order valence-electron chi connectivity index (χ0n) is 23.2. The van der Waals surface area contributed by atoms with E-state index in [2.05, 4.69) is 0 Å². The molecule has 0 saturated heterocycles. The predicted octanol–water partition coefficient (Wildman–Crippen LogP) is 4.10. The molecule has 3 amide bonds. The van der Waals surface area contributed by atoms with Gasteiger partial charge in [0.2, 0.25) is 11.8 Å². The predicted molar refractivity (Wildman–Crippen MR) is 158 cm³/mol. The number of fused-ring (bicyclic) bond motifs is 1. The van der Waals surface area contributed by atoms with Gasteiger partial charge in [0.25, 0.3) is 5.91 Å². The number of rotatable bonds is 10. The number of nitrogens with two attached hydrogens (primary N) is 2. The topological polar surface area (TPSA) is 110 Å². The first kappa shape index (κ1) is 28.5. The Morgan fingerprint density at radius 2 is 1.35 bits per heavy atom. The van der Waals surface area contributed by atoms with Crippen molar-refractivity contribution in [3.63, 3.8) is 0 Å². The van der Waals surface area contributed by atoms with Crippen molar-refractivity contribution in [2.24, 2.45) is 11.5 Å². The largest absolute Gasteiger partial charge is 0.368 e. The molecule has 40 heavy (non-hydrogen) atoms. The van der Waals surface area contributed by atoms with E-state index in [0.29, 0.717) is 5.56 Å². The molecule has 3 atom stereocenters. The van der Waals surface area contributed by atoms with Crippen molar-refractivity contribution < 1.29 is 14.4 Å². The fraction of sp³-hybridized carbons (Fsp3) is 0.242. The molecular formula is C33H36N4O3. The maximum Gasteiger partial charge on any atom is 0.254 e. The van der Waals surface area contributed by atoms with E-state index in [1.54, 1.807) is 32.3 Å². The molecule has 0 aromatic heterocycles. The molecular weight excluding hydrogens is 500 g/mol. The van der Waals surface area contributed by atoms with Crippen molar-refractivity contribution in [3.05, 3.63) is 119 Å². The van der Waals surface area contributed by atoms with Crippen LogP contribution in [0.4, 0.5) is 0 Å². The first-order valence-electron chi connectivity index (χ1n) is 13.4. The van der Waals surface area contributed by atoms with Gasteiger partial charge in [0.05, 0.1) is 0 Å². The second-order valence-corrected chi connectivity index (χ2v) is 10.3. The molecule has 0 heterocycles. The summed E-state index contributed by atoms with van der Waals surface area (Å²) < 4.78 is 0. The summed E-state index contributed by atoms with van der Waals surface area (Å²) >= 11 is 0. The number of nitrogens with zero attached hydrogens (tertiary/aromatic N) is 2. The summed E-state index contributed by atoms with van der Waals surface area (Å²) in [6.07, 6.45) is 0.537. The Morgan fingerprint density at radius 3 is 2.02 bits per heavy atom. The highest BCUT2D eigenvalue weighted by atomic mass is 16.2. The van der Waals surface area contributed by atoms with Crippen molar-refractivity contribution in [1.82, 2.24) is 9.80 Å². The van der Waals surface area contributed by atoms with Crippen LogP contribution in [0, 0.1) is 0 Å². The molecule has 0 spiro atoms. The van der Waals surface area contributed by atoms with E-state index in [0.717, 1.165) is 27.5 Å². The van der Waals surface area contributed by atoms with Crippen LogP contribution in [0.1, 0.15) is 40.0 Å². The number of hydrogen-bond acceptors (Lipinski definition) is 4. The van der Waals surface area contributed by atoms with Crippen LogP contribution in [-0.2, 0) is 22.4 Å². The van der Waals surface area contributed by atoms with Crippen molar-refractivity contribution in [2.45, 2.75) is 37.9 Å². The lowest BCUT2D eigenvalue weighted by molar-refractivity contribution is -0.141. The number of likely N-dealkylation sites (N-methyl/N-ethyl adjacent to an activating group) is 2. The highest BCUT2D eigenvalue weighted by Gasteiger charge is 2.34. The van der Waals surface area contributed by atoms with Crippen LogP contribution >= 0.6 is 0 Å². The van der Waals surface area contributed by atoms with Crippen LogP contribution in [0.25, 0.3) is 10.8 Å². The van der Waals surface area contributed by atoms with Crippen LogP contribution in [0.3, 0.4) is 0 Å². The normalized spacial score (nSPS) is 13.3. The van der Waals surface area contributed by atoms with Gasteiger partial charge in [0.15, 0.2) is 0 Å². The molecule has 0 bridgehead atoms. The lowest BCUT2D eigenvalue weighted by Gasteiger charge is -2.34. The molecule has 4 aromatic rings. The number of carbonyl (C=O) groups excluding carboxylic acids is 3. The van der Waals surface area contributed by atoms with Crippen molar-refractivity contribution in [2.75, 3.05) is 14.1 Å². The Kier molecular flexibility index (Phi) is 8.97. The van der Waals surface area contributed by atoms with E-state index in [-0.39, 0.29) is 30.7 Å². The third kappa shape index (κ3) is 6.55. The van der Waals surface area contributed by atoms with E-state index in [1.807, 2.05) is 85.8 Å². The summed E-state index contributed by atoms with van der Waals surface area (Å²) in [6, 6.07) is 28.5. The minimum Gasteiger partial charge on any atom is -0.368 e. The molecule has 4 aromatic carbocycles. The third-order valence-corrected chi connectivity index (χ3v) is 7.39. The molecule has 4 rings (SSSR count). The van der Waals surface area contributed by atoms with E-state index < -0.39 is 18.0 Å². The molecule has 1 unspecified atom stereocenters. The Hall–Kier alpha value is -4.49. The van der Waals surface area contributed by atoms with Gasteiger partial charge in [0.1, 0.15) is 12.1 Å². The Labute approximate surface area is 235 Å². The van der Waals surface area contributed by atoms with Crippen molar-refractivity contribution >= 4 is 28.5 Å². The summed E-state index contributed by atoms with van der Waals surface area (Å²) in [5.41, 5.74) is 14.9. The molecule has 0 saturated carbocycles. The van der Waals surface area contributed by atoms with Crippen LogP contribution in [-0.4, -0.2) is 53.7 Å². The molecule has 206 valence electrons. The monoisotopic (exact) mass is 536 g/mol. The molecule has 7 nitrogen and oxygen atoms in total. The van der Waals surface area contributed by atoms with E-state index in [1.165, 1.54) is 9.80 Å². The van der Waals surface area contributed by atoms with E-state index >= 15 is 0 Å². The molecule has 0 aliphatic rings. The van der Waals surface area contributed by atoms with Crippen molar-refractivity contribution in [1.29, 1.82) is 0 Å². The van der Waals surface area contributed by atoms with Gasteiger partial charge in [-0.15, -0.1) is 0 Å². The van der Waals surface area contributed by atoms with Gasteiger partial charge < -0.3 is 21.3 Å². The highest BCUT2D eigenvalue weighted by Crippen LogP contribution is 2.21. The van der Waals surface area contributed by atoms with E-state index in [9.17, 15) is 14.4 Å². The van der Waals surface area contributed by atoms with Gasteiger partial charge in [-0.1, -0.05) is 84.9 Å². The van der Waals surface area contributed by atoms with Crippen LogP contribution in [0.2, 0.25) is 0 Å². The second kappa shape index (κ2) is 12.6. The summed E-state index contributed by atoms with van der Waals surface area (Å²) in [5.74, 6) is -1.29. The maximum atomic E-state index is 14.1. The van der Waals surface area contributed by atoms with Crippen LogP contribution in [0.15, 0.2) is 97.1 Å². The summed E-state index contributed by atoms with van der Waals surface area (Å²) in [7, 11) is 3.19. The molecule has 4 N–H and O–H groups in total. The highest BCUT2D eigenvalue weighted by molar-refractivity contribution is 5.98. The molecule has 0 aliphatic heterocycles. The van der Waals surface area contributed by atoms with Gasteiger partial charge in [-0.2, -0.15) is 0 Å². The molecule has 0 fully saturated rings. The van der Waals surface area contributed by atoms with Gasteiger partial charge >= 0.3 is 0 Å². The molecule has 7 heteroatoms. The van der Waals surface area contributed by atoms with E-state index in [4.69, 9.17) is 11.5 Å². The average Bonchev–Trinajstić information content (AvgIpc) is 2.97. The van der Waals surface area contributed by atoms with Gasteiger partial charge in [-0.3, -0.25) is 14.4 Å². The standard InChI is InChI=1S/C33H36N4O3/c1-22(34)26-14-9-15-28(21-26)32(39)37(3)30(20-24-16-17-25-12-7-8-13-27(25)18-24)33(40)36(2)29(31(35)38)19-23-10-5-4-6-11-23/h4-18,21-22,29-30H,19-20,34H2,1-3H3,(H2,35,38)/t22?,29-,30-/m1/s1. The van der Waals surface area contributed by atoms with Crippen molar-refractivity contribution in [3.8, 4) is 0 Å². The fourth-order valence-corrected chi connectivity index (χ4v) is 4.93. The maximum absolute atomic E-state index is 14.1. The van der Waals surface area contributed by atoms with Gasteiger partial charge in [-0.05, 0) is 46.5 Å². The first-order chi connectivity index (χ1) is 19.2. The number of hydrogen-bond donors (Lipinski definition) is 2. The molecule has 0 aliphatic carbocycles. The lowest BCUT2D eigenvalue weighted by Crippen LogP contribution is -2.55.